The van der Waals surface area contributed by atoms with E-state index in [0.717, 1.165) is 64.3 Å². The molecule has 1 atom stereocenters. The van der Waals surface area contributed by atoms with Crippen LogP contribution in [-0.4, -0.2) is 24.4 Å². The molecule has 0 aromatic carbocycles. The number of nitrogens with one attached hydrogen (secondary N) is 2. The summed E-state index contributed by atoms with van der Waals surface area (Å²) in [7, 11) is 0. The van der Waals surface area contributed by atoms with E-state index in [1.165, 1.54) is 89.9 Å². The lowest BCUT2D eigenvalue weighted by molar-refractivity contribution is -0.122. The van der Waals surface area contributed by atoms with E-state index in [2.05, 4.69) is 74.8 Å². The minimum absolute atomic E-state index is 0.167. The van der Waals surface area contributed by atoms with E-state index in [4.69, 9.17) is 0 Å². The van der Waals surface area contributed by atoms with Gasteiger partial charge in [-0.2, -0.15) is 0 Å². The monoisotopic (exact) mass is 615 g/mol. The van der Waals surface area contributed by atoms with Crippen molar-refractivity contribution in [3.8, 4) is 0 Å². The molecule has 4 heteroatoms. The molecule has 256 valence electrons. The number of amides is 2. The molecule has 0 bridgehead atoms. The molecule has 2 N–H and O–H groups in total. The van der Waals surface area contributed by atoms with Crippen LogP contribution >= 0.6 is 0 Å². The van der Waals surface area contributed by atoms with Crippen molar-refractivity contribution in [2.75, 3.05) is 6.54 Å². The first-order valence-corrected chi connectivity index (χ1v) is 19.0. The number of hydrogen-bond donors (Lipinski definition) is 2. The molecule has 0 aliphatic carbocycles. The highest BCUT2D eigenvalue weighted by Crippen LogP contribution is 2.14. The van der Waals surface area contributed by atoms with Crippen LogP contribution in [0.4, 0.5) is 0 Å². The fourth-order valence-corrected chi connectivity index (χ4v) is 5.44. The molecule has 0 aromatic heterocycles. The van der Waals surface area contributed by atoms with Crippen LogP contribution in [-0.2, 0) is 9.59 Å². The van der Waals surface area contributed by atoms with E-state index in [1.807, 2.05) is 0 Å². The first-order valence-electron chi connectivity index (χ1n) is 19.0. The molecule has 4 nitrogen and oxygen atoms in total. The minimum Gasteiger partial charge on any atom is -0.356 e. The normalized spacial score (nSPS) is 12.7. The van der Waals surface area contributed by atoms with Gasteiger partial charge in [-0.05, 0) is 76.5 Å². The molecule has 0 aliphatic rings. The van der Waals surface area contributed by atoms with E-state index >= 15 is 0 Å². The zero-order chi connectivity index (χ0) is 32.4. The van der Waals surface area contributed by atoms with Crippen LogP contribution in [0.2, 0.25) is 0 Å². The second-order valence-corrected chi connectivity index (χ2v) is 13.2. The standard InChI is InChI=1S/C40H74N2O2/c1-5-7-9-11-13-15-17-18-19-20-22-23-25-27-29-34-39(43)41-36-32-31-33-38(37(3)4)42-40(44)35-30-28-26-24-21-16-14-12-10-8-6-2/h13,15,18-19,22-23,37-38H,5-12,14,16-17,20-21,24-36H2,1-4H3,(H,41,43)(H,42,44)/b15-13-,19-18-,23-22-/t38-/m0/s1. The van der Waals surface area contributed by atoms with E-state index < -0.39 is 0 Å². The molecule has 0 rings (SSSR count). The summed E-state index contributed by atoms with van der Waals surface area (Å²) >= 11 is 0. The zero-order valence-corrected chi connectivity index (χ0v) is 29.8. The van der Waals surface area contributed by atoms with Gasteiger partial charge in [0.1, 0.15) is 0 Å². The lowest BCUT2D eigenvalue weighted by Crippen LogP contribution is -2.38. The topological polar surface area (TPSA) is 58.2 Å². The predicted molar refractivity (Wildman–Crippen MR) is 194 cm³/mol. The molecule has 44 heavy (non-hydrogen) atoms. The maximum Gasteiger partial charge on any atom is 0.220 e. The number of allylic oxidation sites excluding steroid dienone is 6. The van der Waals surface area contributed by atoms with Crippen molar-refractivity contribution in [2.24, 2.45) is 5.92 Å². The molecule has 0 spiro atoms. The van der Waals surface area contributed by atoms with Gasteiger partial charge in [0.2, 0.25) is 11.8 Å². The molecular weight excluding hydrogens is 540 g/mol. The second-order valence-electron chi connectivity index (χ2n) is 13.2. The van der Waals surface area contributed by atoms with E-state index in [0.29, 0.717) is 18.8 Å². The minimum atomic E-state index is 0.167. The summed E-state index contributed by atoms with van der Waals surface area (Å²) in [6, 6.07) is 0.228. The highest BCUT2D eigenvalue weighted by atomic mass is 16.2. The van der Waals surface area contributed by atoms with Crippen LogP contribution in [0.5, 0.6) is 0 Å². The highest BCUT2D eigenvalue weighted by molar-refractivity contribution is 5.76. The van der Waals surface area contributed by atoms with E-state index in [-0.39, 0.29) is 17.9 Å². The number of unbranched alkanes of at least 4 members (excludes halogenated alkanes) is 16. The predicted octanol–water partition coefficient (Wildman–Crippen LogP) is 11.7. The van der Waals surface area contributed by atoms with Gasteiger partial charge in [0, 0.05) is 25.4 Å². The molecule has 2 amide bonds. The SMILES string of the molecule is CCCCC/C=C\C/C=C\C/C=C\CCCCC(=O)NCCCC[C@H](NC(=O)CCCCCCCCCCCCC)C(C)C. The Bertz CT molecular complexity index is 725. The van der Waals surface area contributed by atoms with Crippen molar-refractivity contribution in [2.45, 2.75) is 194 Å². The zero-order valence-electron chi connectivity index (χ0n) is 29.8. The largest absolute Gasteiger partial charge is 0.356 e. The van der Waals surface area contributed by atoms with Crippen LogP contribution < -0.4 is 10.6 Å². The van der Waals surface area contributed by atoms with Gasteiger partial charge in [-0.1, -0.05) is 141 Å². The summed E-state index contributed by atoms with van der Waals surface area (Å²) in [4.78, 5) is 24.7. The average Bonchev–Trinajstić information content (AvgIpc) is 3.00. The Morgan fingerprint density at radius 3 is 1.55 bits per heavy atom. The summed E-state index contributed by atoms with van der Waals surface area (Å²) in [6.45, 7) is 9.63. The summed E-state index contributed by atoms with van der Waals surface area (Å²) in [5.74, 6) is 0.804. The smallest absolute Gasteiger partial charge is 0.220 e. The highest BCUT2D eigenvalue weighted by Gasteiger charge is 2.15. The molecule has 0 fully saturated rings. The molecule has 0 radical (unpaired) electrons. The van der Waals surface area contributed by atoms with Crippen LogP contribution in [0.1, 0.15) is 188 Å². The van der Waals surface area contributed by atoms with Crippen molar-refractivity contribution in [3.63, 3.8) is 0 Å². The Balaban J connectivity index is 3.71. The average molecular weight is 615 g/mol. The number of hydrogen-bond acceptors (Lipinski definition) is 2. The van der Waals surface area contributed by atoms with Gasteiger partial charge in [0.25, 0.3) is 0 Å². The fraction of sp³-hybridized carbons (Fsp3) is 0.800. The molecule has 0 aliphatic heterocycles. The summed E-state index contributed by atoms with van der Waals surface area (Å²) in [5, 5.41) is 6.37. The fourth-order valence-electron chi connectivity index (χ4n) is 5.44. The third-order valence-electron chi connectivity index (χ3n) is 8.47. The lowest BCUT2D eigenvalue weighted by Gasteiger charge is -2.22. The van der Waals surface area contributed by atoms with E-state index in [1.54, 1.807) is 0 Å². The number of carbonyl (C=O) groups is 2. The Kier molecular flexibility index (Phi) is 32.6. The van der Waals surface area contributed by atoms with Gasteiger partial charge in [-0.15, -0.1) is 0 Å². The molecule has 0 saturated heterocycles. The van der Waals surface area contributed by atoms with Gasteiger partial charge >= 0.3 is 0 Å². The van der Waals surface area contributed by atoms with Crippen molar-refractivity contribution in [3.05, 3.63) is 36.5 Å². The van der Waals surface area contributed by atoms with Gasteiger partial charge in [0.15, 0.2) is 0 Å². The van der Waals surface area contributed by atoms with Gasteiger partial charge < -0.3 is 10.6 Å². The Morgan fingerprint density at radius 1 is 0.523 bits per heavy atom. The molecule has 0 saturated carbocycles. The lowest BCUT2D eigenvalue weighted by atomic mass is 9.98. The van der Waals surface area contributed by atoms with Gasteiger partial charge in [0.05, 0.1) is 0 Å². The van der Waals surface area contributed by atoms with E-state index in [9.17, 15) is 9.59 Å². The summed E-state index contributed by atoms with van der Waals surface area (Å²) in [6.07, 6.45) is 42.3. The Hall–Kier alpha value is -1.84. The van der Waals surface area contributed by atoms with Gasteiger partial charge in [-0.25, -0.2) is 0 Å². The van der Waals surface area contributed by atoms with Crippen molar-refractivity contribution >= 4 is 11.8 Å². The second kappa shape index (κ2) is 34.0. The van der Waals surface area contributed by atoms with Crippen molar-refractivity contribution in [1.82, 2.24) is 10.6 Å². The summed E-state index contributed by atoms with van der Waals surface area (Å²) < 4.78 is 0. The molecule has 0 unspecified atom stereocenters. The van der Waals surface area contributed by atoms with Crippen LogP contribution in [0.15, 0.2) is 36.5 Å². The van der Waals surface area contributed by atoms with Crippen molar-refractivity contribution < 1.29 is 9.59 Å². The number of carbonyl (C=O) groups excluding carboxylic acids is 2. The Labute approximate surface area is 274 Å². The Morgan fingerprint density at radius 2 is 0.977 bits per heavy atom. The molecule has 0 heterocycles. The summed E-state index contributed by atoms with van der Waals surface area (Å²) in [5.41, 5.74) is 0. The maximum absolute atomic E-state index is 12.5. The van der Waals surface area contributed by atoms with Crippen LogP contribution in [0.3, 0.4) is 0 Å². The quantitative estimate of drug-likeness (QED) is 0.0585. The van der Waals surface area contributed by atoms with Crippen LogP contribution in [0.25, 0.3) is 0 Å². The van der Waals surface area contributed by atoms with Crippen LogP contribution in [0, 0.1) is 5.92 Å². The first-order chi connectivity index (χ1) is 21.5. The first kappa shape index (κ1) is 42.2. The number of rotatable bonds is 32. The third-order valence-corrected chi connectivity index (χ3v) is 8.47. The van der Waals surface area contributed by atoms with Gasteiger partial charge in [-0.3, -0.25) is 9.59 Å². The molecule has 0 aromatic rings. The third kappa shape index (κ3) is 31.6. The molecular formula is C40H74N2O2. The van der Waals surface area contributed by atoms with Crippen molar-refractivity contribution in [1.29, 1.82) is 0 Å². The maximum atomic E-state index is 12.5.